The van der Waals surface area contributed by atoms with Crippen molar-refractivity contribution in [3.63, 3.8) is 0 Å². The molecular formula is C17H11Cl2N3. The van der Waals surface area contributed by atoms with Crippen molar-refractivity contribution >= 4 is 28.9 Å². The quantitative estimate of drug-likeness (QED) is 0.748. The smallest absolute Gasteiger partial charge is 0.145 e. The third-order valence-corrected chi connectivity index (χ3v) is 3.49. The molecule has 0 heterocycles. The molecule has 0 fully saturated rings. The summed E-state index contributed by atoms with van der Waals surface area (Å²) in [5.74, 6) is 0. The van der Waals surface area contributed by atoms with Crippen LogP contribution in [0.2, 0.25) is 10.0 Å². The lowest BCUT2D eigenvalue weighted by molar-refractivity contribution is 0.964. The van der Waals surface area contributed by atoms with Gasteiger partial charge in [-0.15, -0.1) is 0 Å². The number of nitriles is 2. The molecule has 22 heavy (non-hydrogen) atoms. The van der Waals surface area contributed by atoms with Gasteiger partial charge in [0.2, 0.25) is 0 Å². The van der Waals surface area contributed by atoms with Gasteiger partial charge in [-0.3, -0.25) is 0 Å². The normalized spacial score (nSPS) is 9.45. The summed E-state index contributed by atoms with van der Waals surface area (Å²) in [6, 6.07) is 18.5. The molecule has 0 amide bonds. The van der Waals surface area contributed by atoms with Crippen molar-refractivity contribution < 1.29 is 0 Å². The molecule has 0 N–H and O–H groups in total. The first kappa shape index (κ1) is 15.9. The van der Waals surface area contributed by atoms with Crippen LogP contribution in [-0.2, 0) is 6.54 Å². The van der Waals surface area contributed by atoms with Crippen LogP contribution in [0.5, 0.6) is 0 Å². The van der Waals surface area contributed by atoms with E-state index >= 15 is 0 Å². The molecule has 0 saturated heterocycles. The average molecular weight is 328 g/mol. The molecule has 0 radical (unpaired) electrons. The lowest BCUT2D eigenvalue weighted by Crippen LogP contribution is -2.16. The number of nitrogens with zero attached hydrogens (tertiary/aromatic N) is 3. The van der Waals surface area contributed by atoms with Crippen LogP contribution in [0.15, 0.2) is 60.3 Å². The molecule has 2 aromatic rings. The summed E-state index contributed by atoms with van der Waals surface area (Å²) in [6.07, 6.45) is 1.48. The Balaban J connectivity index is 2.46. The molecule has 5 heteroatoms. The second-order valence-corrected chi connectivity index (χ2v) is 5.32. The van der Waals surface area contributed by atoms with E-state index in [0.29, 0.717) is 22.3 Å². The van der Waals surface area contributed by atoms with Crippen LogP contribution < -0.4 is 4.90 Å². The van der Waals surface area contributed by atoms with Crippen molar-refractivity contribution in [2.24, 2.45) is 0 Å². The van der Waals surface area contributed by atoms with Crippen LogP contribution >= 0.6 is 23.2 Å². The third-order valence-electron chi connectivity index (χ3n) is 2.94. The number of benzene rings is 2. The molecule has 2 aromatic carbocycles. The highest BCUT2D eigenvalue weighted by Gasteiger charge is 2.11. The zero-order valence-corrected chi connectivity index (χ0v) is 13.0. The Hall–Kier alpha value is -2.46. The van der Waals surface area contributed by atoms with Crippen molar-refractivity contribution in [3.8, 4) is 12.1 Å². The van der Waals surface area contributed by atoms with Gasteiger partial charge >= 0.3 is 0 Å². The minimum Gasteiger partial charge on any atom is -0.340 e. The van der Waals surface area contributed by atoms with Gasteiger partial charge in [0.05, 0.1) is 10.7 Å². The summed E-state index contributed by atoms with van der Waals surface area (Å²) >= 11 is 12.3. The fourth-order valence-corrected chi connectivity index (χ4v) is 2.32. The first-order valence-corrected chi connectivity index (χ1v) is 7.17. The molecular weight excluding hydrogens is 317 g/mol. The van der Waals surface area contributed by atoms with Crippen molar-refractivity contribution in [3.05, 3.63) is 75.9 Å². The van der Waals surface area contributed by atoms with Gasteiger partial charge in [0, 0.05) is 17.8 Å². The second-order valence-electron chi connectivity index (χ2n) is 4.48. The number of allylic oxidation sites excluding steroid dienone is 1. The maximum atomic E-state index is 8.99. The Labute approximate surface area is 139 Å². The van der Waals surface area contributed by atoms with Gasteiger partial charge in [-0.05, 0) is 23.8 Å². The molecule has 0 aliphatic heterocycles. The van der Waals surface area contributed by atoms with Crippen LogP contribution in [0.1, 0.15) is 5.56 Å². The maximum absolute atomic E-state index is 8.99. The summed E-state index contributed by atoms with van der Waals surface area (Å²) < 4.78 is 0. The van der Waals surface area contributed by atoms with E-state index in [-0.39, 0.29) is 5.57 Å². The molecule has 0 aliphatic rings. The van der Waals surface area contributed by atoms with Crippen LogP contribution in [-0.4, -0.2) is 0 Å². The van der Waals surface area contributed by atoms with Gasteiger partial charge in [-0.25, -0.2) is 0 Å². The molecule has 0 atom stereocenters. The van der Waals surface area contributed by atoms with Gasteiger partial charge in [0.25, 0.3) is 0 Å². The summed E-state index contributed by atoms with van der Waals surface area (Å²) in [6.45, 7) is 0.466. The Kier molecular flexibility index (Phi) is 5.44. The Morgan fingerprint density at radius 2 is 1.73 bits per heavy atom. The number of hydrogen-bond acceptors (Lipinski definition) is 3. The largest absolute Gasteiger partial charge is 0.340 e. The predicted octanol–water partition coefficient (Wildman–Crippen LogP) is 4.93. The van der Waals surface area contributed by atoms with Gasteiger partial charge < -0.3 is 4.90 Å². The first-order chi connectivity index (χ1) is 10.6. The van der Waals surface area contributed by atoms with Crippen molar-refractivity contribution in [1.29, 1.82) is 10.5 Å². The van der Waals surface area contributed by atoms with Crippen molar-refractivity contribution in [2.45, 2.75) is 6.54 Å². The fourth-order valence-electron chi connectivity index (χ4n) is 1.92. The van der Waals surface area contributed by atoms with E-state index in [1.807, 2.05) is 42.5 Å². The third kappa shape index (κ3) is 4.02. The summed E-state index contributed by atoms with van der Waals surface area (Å²) in [5, 5.41) is 19.0. The molecule has 0 bridgehead atoms. The molecule has 2 rings (SSSR count). The minimum absolute atomic E-state index is 0.00743. The van der Waals surface area contributed by atoms with E-state index in [9.17, 15) is 0 Å². The lowest BCUT2D eigenvalue weighted by atomic mass is 10.2. The Morgan fingerprint density at radius 1 is 1.05 bits per heavy atom. The molecule has 0 unspecified atom stereocenters. The molecule has 0 spiro atoms. The van der Waals surface area contributed by atoms with Crippen molar-refractivity contribution in [1.82, 2.24) is 0 Å². The van der Waals surface area contributed by atoms with E-state index in [0.717, 1.165) is 5.56 Å². The van der Waals surface area contributed by atoms with E-state index in [2.05, 4.69) is 0 Å². The highest BCUT2D eigenvalue weighted by atomic mass is 35.5. The molecule has 0 aliphatic carbocycles. The van der Waals surface area contributed by atoms with Crippen LogP contribution in [0.3, 0.4) is 0 Å². The summed E-state index contributed by atoms with van der Waals surface area (Å²) in [7, 11) is 0. The first-order valence-electron chi connectivity index (χ1n) is 6.41. The SMILES string of the molecule is N#CC(C#N)=CN(Cc1ccccc1)c1cc(Cl)ccc1Cl. The Bertz CT molecular complexity index is 755. The van der Waals surface area contributed by atoms with Crippen LogP contribution in [0.4, 0.5) is 5.69 Å². The highest BCUT2D eigenvalue weighted by Crippen LogP contribution is 2.30. The van der Waals surface area contributed by atoms with Crippen molar-refractivity contribution in [2.75, 3.05) is 4.90 Å². The van der Waals surface area contributed by atoms with Gasteiger partial charge in [0.15, 0.2) is 0 Å². The standard InChI is InChI=1S/C17H11Cl2N3/c18-15-6-7-16(19)17(8-15)22(12-14(9-20)10-21)11-13-4-2-1-3-5-13/h1-8,12H,11H2. The molecule has 3 nitrogen and oxygen atoms in total. The van der Waals surface area contributed by atoms with E-state index < -0.39 is 0 Å². The average Bonchev–Trinajstić information content (AvgIpc) is 2.54. The maximum Gasteiger partial charge on any atom is 0.145 e. The monoisotopic (exact) mass is 327 g/mol. The molecule has 0 saturated carbocycles. The van der Waals surface area contributed by atoms with Gasteiger partial charge in [-0.1, -0.05) is 53.5 Å². The number of rotatable bonds is 4. The van der Waals surface area contributed by atoms with Crippen LogP contribution in [0.25, 0.3) is 0 Å². The van der Waals surface area contributed by atoms with Gasteiger partial charge in [0.1, 0.15) is 17.7 Å². The summed E-state index contributed by atoms with van der Waals surface area (Å²) in [5.41, 5.74) is 1.65. The van der Waals surface area contributed by atoms with E-state index in [1.165, 1.54) is 6.20 Å². The highest BCUT2D eigenvalue weighted by molar-refractivity contribution is 6.35. The lowest BCUT2D eigenvalue weighted by Gasteiger charge is -2.22. The zero-order valence-electron chi connectivity index (χ0n) is 11.5. The number of hydrogen-bond donors (Lipinski definition) is 0. The topological polar surface area (TPSA) is 50.8 Å². The summed E-state index contributed by atoms with van der Waals surface area (Å²) in [4.78, 5) is 1.74. The Morgan fingerprint density at radius 3 is 2.36 bits per heavy atom. The van der Waals surface area contributed by atoms with E-state index in [4.69, 9.17) is 33.7 Å². The fraction of sp³-hybridized carbons (Fsp3) is 0.0588. The molecule has 0 aromatic heterocycles. The predicted molar refractivity (Wildman–Crippen MR) is 88.4 cm³/mol. The number of anilines is 1. The van der Waals surface area contributed by atoms with Crippen LogP contribution in [0, 0.1) is 22.7 Å². The second kappa shape index (κ2) is 7.52. The minimum atomic E-state index is -0.00743. The zero-order chi connectivity index (χ0) is 15.9. The van der Waals surface area contributed by atoms with Gasteiger partial charge in [-0.2, -0.15) is 10.5 Å². The number of halogens is 2. The molecule has 108 valence electrons. The van der Waals surface area contributed by atoms with E-state index in [1.54, 1.807) is 23.1 Å².